The molecule has 0 bridgehead atoms. The van der Waals surface area contributed by atoms with Gasteiger partial charge in [-0.1, -0.05) is 0 Å². The summed E-state index contributed by atoms with van der Waals surface area (Å²) in [5.74, 6) is -0.590. The number of nitrogens with zero attached hydrogens (tertiary/aromatic N) is 2. The summed E-state index contributed by atoms with van der Waals surface area (Å²) in [6, 6.07) is 1.21. The van der Waals surface area contributed by atoms with Crippen molar-refractivity contribution in [3.63, 3.8) is 0 Å². The van der Waals surface area contributed by atoms with E-state index >= 15 is 0 Å². The molecule has 7 heteroatoms. The van der Waals surface area contributed by atoms with Gasteiger partial charge in [0.25, 0.3) is 5.56 Å². The van der Waals surface area contributed by atoms with Crippen molar-refractivity contribution >= 4 is 11.9 Å². The molecule has 0 saturated carbocycles. The molecule has 17 heavy (non-hydrogen) atoms. The first-order valence-electron chi connectivity index (χ1n) is 5.30. The number of hydrogen-bond acceptors (Lipinski definition) is 5. The highest BCUT2D eigenvalue weighted by Crippen LogP contribution is 2.08. The maximum Gasteiger partial charge on any atom is 0.309 e. The zero-order valence-electron chi connectivity index (χ0n) is 9.18. The standard InChI is InChI=1S/C10H13N3O4/c14-8-5-7(6-9(15)16)11-10(12-8)13-1-3-17-4-2-13/h5H,1-4,6H2,(H,15,16)(H,11,12,14). The number of carbonyl (C=O) groups is 1. The summed E-state index contributed by atoms with van der Waals surface area (Å²) in [5, 5.41) is 8.67. The Morgan fingerprint density at radius 3 is 2.88 bits per heavy atom. The van der Waals surface area contributed by atoms with Gasteiger partial charge in [-0.25, -0.2) is 4.98 Å². The van der Waals surface area contributed by atoms with Crippen LogP contribution in [-0.2, 0) is 16.0 Å². The summed E-state index contributed by atoms with van der Waals surface area (Å²) in [6.45, 7) is 2.43. The van der Waals surface area contributed by atoms with Crippen molar-refractivity contribution in [2.75, 3.05) is 31.2 Å². The van der Waals surface area contributed by atoms with E-state index in [-0.39, 0.29) is 17.7 Å². The average molecular weight is 239 g/mol. The Labute approximate surface area is 97.0 Å². The van der Waals surface area contributed by atoms with Gasteiger partial charge < -0.3 is 14.7 Å². The van der Waals surface area contributed by atoms with Crippen LogP contribution in [0.5, 0.6) is 0 Å². The lowest BCUT2D eigenvalue weighted by molar-refractivity contribution is -0.136. The molecule has 0 spiro atoms. The van der Waals surface area contributed by atoms with E-state index in [0.29, 0.717) is 32.3 Å². The number of aromatic amines is 1. The molecule has 92 valence electrons. The summed E-state index contributed by atoms with van der Waals surface area (Å²) < 4.78 is 5.19. The van der Waals surface area contributed by atoms with Gasteiger partial charge in [-0.05, 0) is 0 Å². The maximum absolute atomic E-state index is 11.4. The third kappa shape index (κ3) is 3.04. The molecule has 1 saturated heterocycles. The third-order valence-corrected chi connectivity index (χ3v) is 2.43. The zero-order valence-corrected chi connectivity index (χ0v) is 9.18. The van der Waals surface area contributed by atoms with E-state index in [2.05, 4.69) is 9.97 Å². The lowest BCUT2D eigenvalue weighted by atomic mass is 10.3. The van der Waals surface area contributed by atoms with Gasteiger partial charge in [0.05, 0.1) is 25.3 Å². The monoisotopic (exact) mass is 239 g/mol. The Balaban J connectivity index is 2.24. The molecular formula is C10H13N3O4. The van der Waals surface area contributed by atoms with Crippen LogP contribution in [0.1, 0.15) is 5.69 Å². The minimum atomic E-state index is -1.00. The van der Waals surface area contributed by atoms with Crippen LogP contribution in [0.2, 0.25) is 0 Å². The van der Waals surface area contributed by atoms with Crippen molar-refractivity contribution in [3.8, 4) is 0 Å². The Morgan fingerprint density at radius 2 is 2.24 bits per heavy atom. The van der Waals surface area contributed by atoms with Crippen molar-refractivity contribution in [3.05, 3.63) is 22.1 Å². The molecule has 0 aromatic carbocycles. The highest BCUT2D eigenvalue weighted by atomic mass is 16.5. The first-order chi connectivity index (χ1) is 8.15. The van der Waals surface area contributed by atoms with E-state index in [1.54, 1.807) is 0 Å². The number of morpholine rings is 1. The SMILES string of the molecule is O=C(O)Cc1cc(=O)[nH]c(N2CCOCC2)n1. The number of carboxylic acids is 1. The normalized spacial score (nSPS) is 15.9. The Kier molecular flexibility index (Phi) is 3.38. The van der Waals surface area contributed by atoms with Crippen LogP contribution in [0.4, 0.5) is 5.95 Å². The molecule has 1 aromatic heterocycles. The highest BCUT2D eigenvalue weighted by Gasteiger charge is 2.14. The minimum absolute atomic E-state index is 0.249. The van der Waals surface area contributed by atoms with Crippen molar-refractivity contribution in [2.45, 2.75) is 6.42 Å². The van der Waals surface area contributed by atoms with Crippen LogP contribution in [0.15, 0.2) is 10.9 Å². The Morgan fingerprint density at radius 1 is 1.53 bits per heavy atom. The van der Waals surface area contributed by atoms with Crippen LogP contribution < -0.4 is 10.5 Å². The molecule has 0 aliphatic carbocycles. The van der Waals surface area contributed by atoms with E-state index < -0.39 is 5.97 Å². The van der Waals surface area contributed by atoms with Crippen molar-refractivity contribution in [1.82, 2.24) is 9.97 Å². The fourth-order valence-electron chi connectivity index (χ4n) is 1.66. The second-order valence-electron chi connectivity index (χ2n) is 3.73. The molecule has 1 aromatic rings. The minimum Gasteiger partial charge on any atom is -0.481 e. The number of carboxylic acid groups (broad SMARTS) is 1. The molecule has 1 aliphatic rings. The molecule has 2 heterocycles. The quantitative estimate of drug-likeness (QED) is 0.719. The molecule has 0 amide bonds. The summed E-state index contributed by atoms with van der Waals surface area (Å²) >= 11 is 0. The molecule has 2 rings (SSSR count). The summed E-state index contributed by atoms with van der Waals surface area (Å²) in [5.41, 5.74) is -0.0690. The number of ether oxygens (including phenoxy) is 1. The fraction of sp³-hybridized carbons (Fsp3) is 0.500. The van der Waals surface area contributed by atoms with Gasteiger partial charge in [-0.3, -0.25) is 14.6 Å². The number of aliphatic carboxylic acids is 1. The molecule has 0 radical (unpaired) electrons. The second kappa shape index (κ2) is 4.96. The van der Waals surface area contributed by atoms with E-state index in [4.69, 9.17) is 9.84 Å². The Hall–Kier alpha value is -1.89. The molecule has 2 N–H and O–H groups in total. The first-order valence-corrected chi connectivity index (χ1v) is 5.30. The lowest BCUT2D eigenvalue weighted by Crippen LogP contribution is -2.38. The van der Waals surface area contributed by atoms with Crippen LogP contribution in [0.25, 0.3) is 0 Å². The number of H-pyrrole nitrogens is 1. The van der Waals surface area contributed by atoms with E-state index in [9.17, 15) is 9.59 Å². The van der Waals surface area contributed by atoms with Gasteiger partial charge in [0.2, 0.25) is 5.95 Å². The maximum atomic E-state index is 11.4. The van der Waals surface area contributed by atoms with Crippen LogP contribution in [-0.4, -0.2) is 47.3 Å². The molecule has 0 unspecified atom stereocenters. The Bertz CT molecular complexity index is 465. The van der Waals surface area contributed by atoms with Gasteiger partial charge in [0.15, 0.2) is 0 Å². The zero-order chi connectivity index (χ0) is 12.3. The van der Waals surface area contributed by atoms with Crippen molar-refractivity contribution in [2.24, 2.45) is 0 Å². The number of anilines is 1. The average Bonchev–Trinajstić information content (AvgIpc) is 2.28. The summed E-state index contributed by atoms with van der Waals surface area (Å²) in [4.78, 5) is 30.6. The van der Waals surface area contributed by atoms with Crippen LogP contribution in [0, 0.1) is 0 Å². The molecule has 7 nitrogen and oxygen atoms in total. The van der Waals surface area contributed by atoms with E-state index in [1.807, 2.05) is 4.90 Å². The van der Waals surface area contributed by atoms with Gasteiger partial charge in [0.1, 0.15) is 0 Å². The topological polar surface area (TPSA) is 95.5 Å². The highest BCUT2D eigenvalue weighted by molar-refractivity contribution is 5.69. The second-order valence-corrected chi connectivity index (χ2v) is 3.73. The van der Waals surface area contributed by atoms with Gasteiger partial charge >= 0.3 is 5.97 Å². The smallest absolute Gasteiger partial charge is 0.309 e. The number of rotatable bonds is 3. The molecule has 0 atom stereocenters. The molecular weight excluding hydrogens is 226 g/mol. The number of aromatic nitrogens is 2. The van der Waals surface area contributed by atoms with Crippen LogP contribution >= 0.6 is 0 Å². The molecule has 1 fully saturated rings. The molecule has 1 aliphatic heterocycles. The van der Waals surface area contributed by atoms with Gasteiger partial charge in [-0.15, -0.1) is 0 Å². The van der Waals surface area contributed by atoms with Crippen LogP contribution in [0.3, 0.4) is 0 Å². The number of nitrogens with one attached hydrogen (secondary N) is 1. The predicted molar refractivity (Wildman–Crippen MR) is 59.2 cm³/mol. The predicted octanol–water partition coefficient (Wildman–Crippen LogP) is -0.766. The van der Waals surface area contributed by atoms with Gasteiger partial charge in [0, 0.05) is 19.2 Å². The van der Waals surface area contributed by atoms with Crippen molar-refractivity contribution < 1.29 is 14.6 Å². The fourth-order valence-corrected chi connectivity index (χ4v) is 1.66. The third-order valence-electron chi connectivity index (χ3n) is 2.43. The summed E-state index contributed by atoms with van der Waals surface area (Å²) in [6.07, 6.45) is -0.249. The summed E-state index contributed by atoms with van der Waals surface area (Å²) in [7, 11) is 0. The van der Waals surface area contributed by atoms with Gasteiger partial charge in [-0.2, -0.15) is 0 Å². The largest absolute Gasteiger partial charge is 0.481 e. The first kappa shape index (κ1) is 11.6. The lowest BCUT2D eigenvalue weighted by Gasteiger charge is -2.27. The van der Waals surface area contributed by atoms with Crippen molar-refractivity contribution in [1.29, 1.82) is 0 Å². The van der Waals surface area contributed by atoms with E-state index in [1.165, 1.54) is 6.07 Å². The van der Waals surface area contributed by atoms with E-state index in [0.717, 1.165) is 0 Å². The number of hydrogen-bond donors (Lipinski definition) is 2.